The van der Waals surface area contributed by atoms with Gasteiger partial charge in [0.15, 0.2) is 0 Å². The highest BCUT2D eigenvalue weighted by atomic mass is 79.9. The van der Waals surface area contributed by atoms with Crippen molar-refractivity contribution in [1.82, 2.24) is 4.90 Å². The van der Waals surface area contributed by atoms with Crippen molar-refractivity contribution in [3.05, 3.63) is 34.1 Å². The molecule has 0 unspecified atom stereocenters. The van der Waals surface area contributed by atoms with Crippen molar-refractivity contribution < 1.29 is 9.18 Å². The minimum atomic E-state index is -0.375. The molecule has 1 aromatic carbocycles. The van der Waals surface area contributed by atoms with Crippen molar-refractivity contribution in [1.29, 1.82) is 0 Å². The second-order valence-corrected chi connectivity index (χ2v) is 6.89. The molecular weight excluding hydrogens is 321 g/mol. The summed E-state index contributed by atoms with van der Waals surface area (Å²) in [6, 6.07) is 4.65. The van der Waals surface area contributed by atoms with Crippen LogP contribution in [0.1, 0.15) is 48.9 Å². The van der Waals surface area contributed by atoms with Crippen molar-refractivity contribution in [3.63, 3.8) is 0 Å². The quantitative estimate of drug-likeness (QED) is 0.743. The van der Waals surface area contributed by atoms with Gasteiger partial charge in [-0.25, -0.2) is 4.39 Å². The Morgan fingerprint density at radius 3 is 2.45 bits per heavy atom. The second-order valence-electron chi connectivity index (χ2n) is 6.10. The lowest BCUT2D eigenvalue weighted by Gasteiger charge is -2.39. The van der Waals surface area contributed by atoms with Crippen molar-refractivity contribution in [3.8, 4) is 0 Å². The zero-order valence-corrected chi connectivity index (χ0v) is 13.1. The van der Waals surface area contributed by atoms with Crippen LogP contribution in [-0.2, 0) is 0 Å². The molecule has 1 aliphatic carbocycles. The summed E-state index contributed by atoms with van der Waals surface area (Å²) in [7, 11) is 0. The fraction of sp³-hybridized carbons (Fsp3) is 0.562. The lowest BCUT2D eigenvalue weighted by atomic mass is 9.77. The van der Waals surface area contributed by atoms with Crippen LogP contribution in [0, 0.1) is 11.2 Å². The van der Waals surface area contributed by atoms with Crippen LogP contribution in [0.15, 0.2) is 22.7 Å². The zero-order chi connectivity index (χ0) is 14.2. The highest BCUT2D eigenvalue weighted by molar-refractivity contribution is 9.10. The molecule has 2 nitrogen and oxygen atoms in total. The van der Waals surface area contributed by atoms with E-state index in [0.717, 1.165) is 25.9 Å². The van der Waals surface area contributed by atoms with Gasteiger partial charge in [-0.3, -0.25) is 4.79 Å². The smallest absolute Gasteiger partial charge is 0.255 e. The molecule has 1 saturated carbocycles. The maximum absolute atomic E-state index is 13.5. The number of piperidine rings is 1. The maximum Gasteiger partial charge on any atom is 0.255 e. The molecule has 0 atom stereocenters. The molecule has 20 heavy (non-hydrogen) atoms. The van der Waals surface area contributed by atoms with Crippen molar-refractivity contribution in [2.75, 3.05) is 13.1 Å². The number of likely N-dealkylation sites (tertiary alicyclic amines) is 1. The van der Waals surface area contributed by atoms with Gasteiger partial charge in [0, 0.05) is 13.1 Å². The van der Waals surface area contributed by atoms with E-state index in [2.05, 4.69) is 15.9 Å². The van der Waals surface area contributed by atoms with E-state index >= 15 is 0 Å². The Balaban J connectivity index is 1.71. The van der Waals surface area contributed by atoms with Gasteiger partial charge in [-0.1, -0.05) is 18.9 Å². The first-order chi connectivity index (χ1) is 9.61. The van der Waals surface area contributed by atoms with E-state index in [1.807, 2.05) is 4.90 Å². The van der Waals surface area contributed by atoms with E-state index in [1.54, 1.807) is 12.1 Å². The predicted molar refractivity (Wildman–Crippen MR) is 80.1 cm³/mol. The molecule has 2 aliphatic rings. The molecule has 3 rings (SSSR count). The number of hydrogen-bond acceptors (Lipinski definition) is 1. The summed E-state index contributed by atoms with van der Waals surface area (Å²) in [6.45, 7) is 1.61. The van der Waals surface area contributed by atoms with Crippen LogP contribution < -0.4 is 0 Å². The molecule has 108 valence electrons. The lowest BCUT2D eigenvalue weighted by molar-refractivity contribution is 0.0586. The van der Waals surface area contributed by atoms with Gasteiger partial charge >= 0.3 is 0 Å². The number of amides is 1. The Morgan fingerprint density at radius 2 is 1.80 bits per heavy atom. The Kier molecular flexibility index (Phi) is 3.85. The molecule has 1 aromatic rings. The van der Waals surface area contributed by atoms with Gasteiger partial charge in [0.1, 0.15) is 5.82 Å². The Bertz CT molecular complexity index is 515. The number of hydrogen-bond donors (Lipinski definition) is 0. The fourth-order valence-electron chi connectivity index (χ4n) is 3.65. The predicted octanol–water partition coefficient (Wildman–Crippen LogP) is 4.38. The summed E-state index contributed by atoms with van der Waals surface area (Å²) in [5.74, 6) is -0.427. The summed E-state index contributed by atoms with van der Waals surface area (Å²) in [5, 5.41) is 0. The molecule has 0 bridgehead atoms. The number of carbonyl (C=O) groups is 1. The Labute approximate surface area is 127 Å². The standard InChI is InChI=1S/C16H19BrFNO/c17-14-12(4-3-5-13(14)18)15(20)19-10-8-16(9-11-19)6-1-2-7-16/h3-5H,1-2,6-11H2. The first-order valence-corrected chi connectivity index (χ1v) is 8.14. The molecule has 0 aromatic heterocycles. The van der Waals surface area contributed by atoms with Crippen molar-refractivity contribution in [2.45, 2.75) is 38.5 Å². The molecule has 1 saturated heterocycles. The summed E-state index contributed by atoms with van der Waals surface area (Å²) >= 11 is 3.18. The molecule has 1 spiro atoms. The highest BCUT2D eigenvalue weighted by Gasteiger charge is 2.38. The number of rotatable bonds is 1. The van der Waals surface area contributed by atoms with E-state index in [1.165, 1.54) is 31.7 Å². The van der Waals surface area contributed by atoms with E-state index in [-0.39, 0.29) is 16.2 Å². The summed E-state index contributed by atoms with van der Waals surface area (Å²) < 4.78 is 13.8. The van der Waals surface area contributed by atoms with Gasteiger partial charge in [0.05, 0.1) is 10.0 Å². The van der Waals surface area contributed by atoms with Crippen LogP contribution in [-0.4, -0.2) is 23.9 Å². The van der Waals surface area contributed by atoms with E-state index < -0.39 is 0 Å². The number of carbonyl (C=O) groups excluding carboxylic acids is 1. The SMILES string of the molecule is O=C(c1cccc(F)c1Br)N1CCC2(CCCC2)CC1. The highest BCUT2D eigenvalue weighted by Crippen LogP contribution is 2.46. The largest absolute Gasteiger partial charge is 0.339 e. The first kappa shape index (κ1) is 14.1. The molecule has 4 heteroatoms. The third-order valence-electron chi connectivity index (χ3n) is 4.96. The van der Waals surface area contributed by atoms with Gasteiger partial charge in [0.2, 0.25) is 0 Å². The van der Waals surface area contributed by atoms with Gasteiger partial charge < -0.3 is 4.90 Å². The molecular formula is C16H19BrFNO. The maximum atomic E-state index is 13.5. The van der Waals surface area contributed by atoms with Crippen LogP contribution in [0.25, 0.3) is 0 Å². The van der Waals surface area contributed by atoms with Gasteiger partial charge in [-0.15, -0.1) is 0 Å². The third-order valence-corrected chi connectivity index (χ3v) is 5.76. The zero-order valence-electron chi connectivity index (χ0n) is 11.5. The van der Waals surface area contributed by atoms with Gasteiger partial charge in [-0.05, 0) is 59.2 Å². The van der Waals surface area contributed by atoms with Gasteiger partial charge in [-0.2, -0.15) is 0 Å². The fourth-order valence-corrected chi connectivity index (χ4v) is 4.08. The second kappa shape index (κ2) is 5.47. The van der Waals surface area contributed by atoms with Crippen LogP contribution in [0.3, 0.4) is 0 Å². The molecule has 1 aliphatic heterocycles. The summed E-state index contributed by atoms with van der Waals surface area (Å²) in [5.41, 5.74) is 0.933. The van der Waals surface area contributed by atoms with Crippen LogP contribution >= 0.6 is 15.9 Å². The van der Waals surface area contributed by atoms with Crippen LogP contribution in [0.2, 0.25) is 0 Å². The number of halogens is 2. The van der Waals surface area contributed by atoms with Crippen LogP contribution in [0.5, 0.6) is 0 Å². The topological polar surface area (TPSA) is 20.3 Å². The summed E-state index contributed by atoms with van der Waals surface area (Å²) in [6.07, 6.45) is 7.52. The molecule has 0 N–H and O–H groups in total. The normalized spacial score (nSPS) is 21.4. The van der Waals surface area contributed by atoms with Crippen molar-refractivity contribution >= 4 is 21.8 Å². The first-order valence-electron chi connectivity index (χ1n) is 7.35. The molecule has 1 heterocycles. The van der Waals surface area contributed by atoms with Gasteiger partial charge in [0.25, 0.3) is 5.91 Å². The lowest BCUT2D eigenvalue weighted by Crippen LogP contribution is -2.42. The average Bonchev–Trinajstić information content (AvgIpc) is 2.90. The Hall–Kier alpha value is -0.900. The monoisotopic (exact) mass is 339 g/mol. The van der Waals surface area contributed by atoms with E-state index in [0.29, 0.717) is 11.0 Å². The molecule has 1 amide bonds. The molecule has 0 radical (unpaired) electrons. The minimum Gasteiger partial charge on any atom is -0.339 e. The van der Waals surface area contributed by atoms with E-state index in [9.17, 15) is 9.18 Å². The van der Waals surface area contributed by atoms with Crippen molar-refractivity contribution in [2.24, 2.45) is 5.41 Å². The van der Waals surface area contributed by atoms with E-state index in [4.69, 9.17) is 0 Å². The summed E-state index contributed by atoms with van der Waals surface area (Å²) in [4.78, 5) is 14.4. The van der Waals surface area contributed by atoms with Crippen LogP contribution in [0.4, 0.5) is 4.39 Å². The number of nitrogens with zero attached hydrogens (tertiary/aromatic N) is 1. The minimum absolute atomic E-state index is 0.0516. The number of benzene rings is 1. The molecule has 2 fully saturated rings. The third kappa shape index (κ3) is 2.50. The Morgan fingerprint density at radius 1 is 1.15 bits per heavy atom. The average molecular weight is 340 g/mol.